The molecule has 0 saturated heterocycles. The van der Waals surface area contributed by atoms with Gasteiger partial charge < -0.3 is 8.85 Å². The summed E-state index contributed by atoms with van der Waals surface area (Å²) in [5, 5.41) is 0. The molecule has 0 amide bonds. The number of hydrogen-bond acceptors (Lipinski definition) is 2. The lowest BCUT2D eigenvalue weighted by Gasteiger charge is -2.56. The Morgan fingerprint density at radius 3 is 1.00 bits per heavy atom. The standard InChI is InChI=1S/C35H44O2Si2/c1-7-29-39(5,6)37-35(32-25-17-11-18-26-32,33-27-19-12-20-28-33)34(36-38(3,4)8-2,30-21-13-9-14-22-30)31-23-15-10-16-24-31/h9-28H,7-8,29H2,1-6H3. The monoisotopic (exact) mass is 552 g/mol. The molecule has 0 radical (unpaired) electrons. The van der Waals surface area contributed by atoms with Crippen LogP contribution in [-0.4, -0.2) is 16.6 Å². The Labute approximate surface area is 238 Å². The summed E-state index contributed by atoms with van der Waals surface area (Å²) >= 11 is 0. The maximum absolute atomic E-state index is 7.84. The van der Waals surface area contributed by atoms with Crippen LogP contribution in [0.2, 0.25) is 38.3 Å². The molecule has 0 aliphatic carbocycles. The van der Waals surface area contributed by atoms with Crippen LogP contribution in [0.15, 0.2) is 121 Å². The molecule has 2 nitrogen and oxygen atoms in total. The largest absolute Gasteiger partial charge is 0.401 e. The van der Waals surface area contributed by atoms with Gasteiger partial charge in [0.15, 0.2) is 16.6 Å². The first kappa shape index (κ1) is 29.2. The highest BCUT2D eigenvalue weighted by molar-refractivity contribution is 6.71. The predicted molar refractivity (Wildman–Crippen MR) is 170 cm³/mol. The van der Waals surface area contributed by atoms with Gasteiger partial charge in [-0.1, -0.05) is 142 Å². The smallest absolute Gasteiger partial charge is 0.188 e. The molecule has 0 aliphatic rings. The highest BCUT2D eigenvalue weighted by atomic mass is 28.4. The molecule has 0 bridgehead atoms. The van der Waals surface area contributed by atoms with E-state index in [-0.39, 0.29) is 0 Å². The van der Waals surface area contributed by atoms with Crippen molar-refractivity contribution >= 4 is 16.6 Å². The van der Waals surface area contributed by atoms with Gasteiger partial charge >= 0.3 is 0 Å². The van der Waals surface area contributed by atoms with Crippen molar-refractivity contribution in [2.75, 3.05) is 0 Å². The first-order valence-corrected chi connectivity index (χ1v) is 20.6. The maximum atomic E-state index is 7.84. The van der Waals surface area contributed by atoms with Crippen LogP contribution in [-0.2, 0) is 20.1 Å². The van der Waals surface area contributed by atoms with E-state index < -0.39 is 27.8 Å². The van der Waals surface area contributed by atoms with Crippen LogP contribution in [0.5, 0.6) is 0 Å². The van der Waals surface area contributed by atoms with Crippen LogP contribution in [0.3, 0.4) is 0 Å². The summed E-state index contributed by atoms with van der Waals surface area (Å²) < 4.78 is 15.6. The zero-order valence-corrected chi connectivity index (χ0v) is 26.5. The van der Waals surface area contributed by atoms with Gasteiger partial charge in [0, 0.05) is 0 Å². The summed E-state index contributed by atoms with van der Waals surface area (Å²) in [7, 11) is -4.44. The summed E-state index contributed by atoms with van der Waals surface area (Å²) in [5.41, 5.74) is 2.59. The Morgan fingerprint density at radius 1 is 0.462 bits per heavy atom. The second kappa shape index (κ2) is 12.2. The van der Waals surface area contributed by atoms with Crippen molar-refractivity contribution in [2.45, 2.75) is 69.7 Å². The van der Waals surface area contributed by atoms with E-state index in [0.29, 0.717) is 0 Å². The summed E-state index contributed by atoms with van der Waals surface area (Å²) in [5.74, 6) is 0. The highest BCUT2D eigenvalue weighted by Gasteiger charge is 2.61. The summed E-state index contributed by atoms with van der Waals surface area (Å²) in [6, 6.07) is 45.3. The fourth-order valence-corrected chi connectivity index (χ4v) is 9.64. The molecule has 0 spiro atoms. The van der Waals surface area contributed by atoms with Crippen LogP contribution in [0.4, 0.5) is 0 Å². The first-order valence-electron chi connectivity index (χ1n) is 14.3. The highest BCUT2D eigenvalue weighted by Crippen LogP contribution is 2.57. The zero-order valence-electron chi connectivity index (χ0n) is 24.5. The van der Waals surface area contributed by atoms with Gasteiger partial charge in [-0.2, -0.15) is 0 Å². The molecule has 4 heteroatoms. The molecule has 0 saturated carbocycles. The third kappa shape index (κ3) is 5.90. The summed E-state index contributed by atoms with van der Waals surface area (Å²) in [6.45, 7) is 13.9. The topological polar surface area (TPSA) is 18.5 Å². The summed E-state index contributed by atoms with van der Waals surface area (Å²) in [6.07, 6.45) is 1.08. The van der Waals surface area contributed by atoms with Crippen LogP contribution in [0, 0.1) is 0 Å². The minimum atomic E-state index is -2.23. The van der Waals surface area contributed by atoms with E-state index in [1.807, 2.05) is 0 Å². The van der Waals surface area contributed by atoms with Crippen LogP contribution >= 0.6 is 0 Å². The Kier molecular flexibility index (Phi) is 9.12. The average Bonchev–Trinajstić information content (AvgIpc) is 2.96. The van der Waals surface area contributed by atoms with E-state index in [1.165, 1.54) is 0 Å². The molecule has 0 fully saturated rings. The van der Waals surface area contributed by atoms with Gasteiger partial charge in [0.2, 0.25) is 0 Å². The SMILES string of the molecule is CCC[Si](C)(C)OC(c1ccccc1)(c1ccccc1)C(O[Si](C)(C)CC)(c1ccccc1)c1ccccc1. The average molecular weight is 553 g/mol. The van der Waals surface area contributed by atoms with Crippen molar-refractivity contribution in [1.82, 2.24) is 0 Å². The van der Waals surface area contributed by atoms with Crippen LogP contribution in [0.1, 0.15) is 42.5 Å². The maximum Gasteiger partial charge on any atom is 0.188 e. The van der Waals surface area contributed by atoms with Crippen molar-refractivity contribution in [2.24, 2.45) is 0 Å². The van der Waals surface area contributed by atoms with Gasteiger partial charge in [-0.25, -0.2) is 0 Å². The lowest BCUT2D eigenvalue weighted by Crippen LogP contribution is -2.61. The van der Waals surface area contributed by atoms with Gasteiger partial charge in [-0.3, -0.25) is 0 Å². The fourth-order valence-electron chi connectivity index (χ4n) is 5.77. The molecule has 4 rings (SSSR count). The minimum Gasteiger partial charge on any atom is -0.401 e. The van der Waals surface area contributed by atoms with Gasteiger partial charge in [0.1, 0.15) is 11.2 Å². The van der Waals surface area contributed by atoms with Crippen molar-refractivity contribution < 1.29 is 8.85 Å². The van der Waals surface area contributed by atoms with Crippen molar-refractivity contribution in [1.29, 1.82) is 0 Å². The summed E-state index contributed by atoms with van der Waals surface area (Å²) in [4.78, 5) is 0. The molecular weight excluding hydrogens is 509 g/mol. The van der Waals surface area contributed by atoms with E-state index in [2.05, 4.69) is 161 Å². The minimum absolute atomic E-state index is 0.928. The zero-order chi connectivity index (χ0) is 28.0. The van der Waals surface area contributed by atoms with E-state index in [9.17, 15) is 0 Å². The normalized spacial score (nSPS) is 12.9. The molecule has 0 N–H and O–H groups in total. The first-order chi connectivity index (χ1) is 18.7. The lowest BCUT2D eigenvalue weighted by molar-refractivity contribution is -0.0893. The Bertz CT molecular complexity index is 1210. The van der Waals surface area contributed by atoms with Gasteiger partial charge in [-0.05, 0) is 60.5 Å². The number of rotatable bonds is 12. The van der Waals surface area contributed by atoms with Crippen molar-refractivity contribution in [3.63, 3.8) is 0 Å². The van der Waals surface area contributed by atoms with E-state index in [4.69, 9.17) is 8.85 Å². The van der Waals surface area contributed by atoms with E-state index in [0.717, 1.165) is 40.8 Å². The molecule has 4 aromatic carbocycles. The molecule has 0 heterocycles. The second-order valence-electron chi connectivity index (χ2n) is 11.7. The number of hydrogen-bond donors (Lipinski definition) is 0. The lowest BCUT2D eigenvalue weighted by atomic mass is 9.66. The molecule has 204 valence electrons. The van der Waals surface area contributed by atoms with Gasteiger partial charge in [-0.15, -0.1) is 0 Å². The Morgan fingerprint density at radius 2 is 0.744 bits per heavy atom. The third-order valence-corrected chi connectivity index (χ3v) is 12.9. The van der Waals surface area contributed by atoms with E-state index >= 15 is 0 Å². The molecule has 0 aliphatic heterocycles. The molecule has 0 aromatic heterocycles. The Hall–Kier alpha value is -2.77. The molecular formula is C35H44O2Si2. The third-order valence-electron chi connectivity index (χ3n) is 7.78. The quantitative estimate of drug-likeness (QED) is 0.163. The van der Waals surface area contributed by atoms with Gasteiger partial charge in [0.05, 0.1) is 0 Å². The van der Waals surface area contributed by atoms with Crippen LogP contribution in [0.25, 0.3) is 0 Å². The molecule has 39 heavy (non-hydrogen) atoms. The van der Waals surface area contributed by atoms with Crippen molar-refractivity contribution in [3.8, 4) is 0 Å². The molecule has 0 atom stereocenters. The van der Waals surface area contributed by atoms with Crippen LogP contribution < -0.4 is 0 Å². The van der Waals surface area contributed by atoms with E-state index in [1.54, 1.807) is 0 Å². The van der Waals surface area contributed by atoms with Gasteiger partial charge in [0.25, 0.3) is 0 Å². The number of benzene rings is 4. The molecule has 0 unspecified atom stereocenters. The fraction of sp³-hybridized carbons (Fsp3) is 0.314. The molecule has 4 aromatic rings. The van der Waals surface area contributed by atoms with Crippen molar-refractivity contribution in [3.05, 3.63) is 144 Å². The second-order valence-corrected chi connectivity index (χ2v) is 20.3. The predicted octanol–water partition coefficient (Wildman–Crippen LogP) is 9.75. The Balaban J connectivity index is 2.27.